The van der Waals surface area contributed by atoms with Crippen LogP contribution in [0.15, 0.2) is 60.9 Å². The zero-order valence-corrected chi connectivity index (χ0v) is 15.2. The number of rotatable bonds is 4. The molecule has 4 aromatic rings. The Labute approximate surface area is 155 Å². The van der Waals surface area contributed by atoms with E-state index in [0.717, 1.165) is 28.0 Å². The molecule has 0 radical (unpaired) electrons. The lowest BCUT2D eigenvalue weighted by molar-refractivity contribution is 0.355. The lowest BCUT2D eigenvalue weighted by Crippen LogP contribution is -1.92. The van der Waals surface area contributed by atoms with E-state index in [1.54, 1.807) is 14.2 Å². The van der Waals surface area contributed by atoms with Crippen LogP contribution < -0.4 is 9.47 Å². The van der Waals surface area contributed by atoms with Crippen LogP contribution in [0.25, 0.3) is 28.0 Å². The first-order chi connectivity index (χ1) is 12.7. The highest BCUT2D eigenvalue weighted by atomic mass is 32.1. The van der Waals surface area contributed by atoms with E-state index in [4.69, 9.17) is 21.7 Å². The van der Waals surface area contributed by atoms with Gasteiger partial charge in [0.2, 0.25) is 4.77 Å². The normalized spacial score (nSPS) is 10.8. The fraction of sp³-hybridized carbons (Fsp3) is 0.100. The molecular weight excluding hydrogens is 346 g/mol. The first-order valence-corrected chi connectivity index (χ1v) is 8.50. The molecule has 2 aromatic heterocycles. The molecule has 0 amide bonds. The molecule has 4 rings (SSSR count). The summed E-state index contributed by atoms with van der Waals surface area (Å²) in [6, 6.07) is 15.9. The Balaban J connectivity index is 1.91. The van der Waals surface area contributed by atoms with Gasteiger partial charge in [-0.1, -0.05) is 30.3 Å². The number of aromatic amines is 1. The molecule has 0 unspecified atom stereocenters. The van der Waals surface area contributed by atoms with E-state index in [9.17, 15) is 0 Å². The Morgan fingerprint density at radius 1 is 0.962 bits per heavy atom. The summed E-state index contributed by atoms with van der Waals surface area (Å²) in [7, 11) is 3.25. The zero-order valence-electron chi connectivity index (χ0n) is 14.4. The summed E-state index contributed by atoms with van der Waals surface area (Å²) >= 11 is 5.40. The fourth-order valence-electron chi connectivity index (χ4n) is 2.98. The monoisotopic (exact) mass is 363 g/mol. The number of hydrogen-bond donors (Lipinski definition) is 1. The number of nitrogens with one attached hydrogen (secondary N) is 1. The summed E-state index contributed by atoms with van der Waals surface area (Å²) in [6.45, 7) is 0. The zero-order chi connectivity index (χ0) is 18.1. The molecule has 0 aliphatic heterocycles. The van der Waals surface area contributed by atoms with Crippen LogP contribution in [0.3, 0.4) is 0 Å². The number of benzene rings is 2. The van der Waals surface area contributed by atoms with Crippen LogP contribution in [-0.2, 0) is 0 Å². The minimum atomic E-state index is 0.502. The van der Waals surface area contributed by atoms with Crippen LogP contribution in [0.1, 0.15) is 0 Å². The summed E-state index contributed by atoms with van der Waals surface area (Å²) < 4.78 is 13.1. The second-order valence-electron chi connectivity index (χ2n) is 5.78. The third-order valence-electron chi connectivity index (χ3n) is 4.30. The van der Waals surface area contributed by atoms with Gasteiger partial charge in [0.05, 0.1) is 19.9 Å². The summed E-state index contributed by atoms with van der Waals surface area (Å²) in [6.07, 6.45) is 3.76. The highest BCUT2D eigenvalue weighted by Crippen LogP contribution is 2.33. The number of nitrogens with zero attached hydrogens (tertiary/aromatic N) is 2. The van der Waals surface area contributed by atoms with Crippen molar-refractivity contribution in [2.24, 2.45) is 0 Å². The number of methoxy groups -OCH3 is 2. The van der Waals surface area contributed by atoms with Crippen molar-refractivity contribution < 1.29 is 9.47 Å². The average molecular weight is 363 g/mol. The smallest absolute Gasteiger partial charge is 0.205 e. The van der Waals surface area contributed by atoms with Gasteiger partial charge in [0, 0.05) is 23.5 Å². The van der Waals surface area contributed by atoms with Crippen molar-refractivity contribution >= 4 is 17.9 Å². The number of H-pyrrole nitrogens is 1. The van der Waals surface area contributed by atoms with Crippen LogP contribution in [-0.4, -0.2) is 28.6 Å². The van der Waals surface area contributed by atoms with Gasteiger partial charge in [-0.2, -0.15) is 0 Å². The highest BCUT2D eigenvalue weighted by Gasteiger charge is 2.12. The van der Waals surface area contributed by atoms with Gasteiger partial charge in [-0.15, -0.1) is 0 Å². The van der Waals surface area contributed by atoms with Gasteiger partial charge < -0.3 is 14.5 Å². The lowest BCUT2D eigenvalue weighted by Gasteiger charge is -2.08. The number of ether oxygens (including phenoxy) is 2. The molecule has 0 fully saturated rings. The van der Waals surface area contributed by atoms with Crippen LogP contribution in [0.4, 0.5) is 0 Å². The minimum absolute atomic E-state index is 0.502. The van der Waals surface area contributed by atoms with Gasteiger partial charge >= 0.3 is 0 Å². The maximum atomic E-state index is 5.41. The van der Waals surface area contributed by atoms with Crippen molar-refractivity contribution in [3.05, 3.63) is 65.7 Å². The topological polar surface area (TPSA) is 51.5 Å². The van der Waals surface area contributed by atoms with E-state index < -0.39 is 0 Å². The molecule has 26 heavy (non-hydrogen) atoms. The summed E-state index contributed by atoms with van der Waals surface area (Å²) in [5.74, 6) is 1.37. The van der Waals surface area contributed by atoms with Crippen LogP contribution in [0.5, 0.6) is 11.5 Å². The van der Waals surface area contributed by atoms with Crippen molar-refractivity contribution in [1.29, 1.82) is 0 Å². The van der Waals surface area contributed by atoms with Crippen molar-refractivity contribution in [3.8, 4) is 33.9 Å². The van der Waals surface area contributed by atoms with E-state index in [2.05, 4.69) is 22.1 Å². The Morgan fingerprint density at radius 2 is 1.73 bits per heavy atom. The molecule has 2 aromatic carbocycles. The van der Waals surface area contributed by atoms with Crippen molar-refractivity contribution in [3.63, 3.8) is 0 Å². The quantitative estimate of drug-likeness (QED) is 0.532. The first kappa shape index (κ1) is 16.4. The maximum Gasteiger partial charge on any atom is 0.205 e. The third kappa shape index (κ3) is 2.74. The third-order valence-corrected chi connectivity index (χ3v) is 4.60. The SMILES string of the molecule is COc1ccc(-c2cn3c(=S)ncc(-c4ccccc4)c3[nH]2)cc1OC. The van der Waals surface area contributed by atoms with Crippen molar-refractivity contribution in [2.45, 2.75) is 0 Å². The van der Waals surface area contributed by atoms with E-state index in [-0.39, 0.29) is 0 Å². The van der Waals surface area contributed by atoms with Crippen molar-refractivity contribution in [1.82, 2.24) is 14.4 Å². The molecule has 1 N–H and O–H groups in total. The van der Waals surface area contributed by atoms with Gasteiger partial charge in [0.1, 0.15) is 5.65 Å². The molecule has 0 saturated heterocycles. The predicted molar refractivity (Wildman–Crippen MR) is 104 cm³/mol. The maximum absolute atomic E-state index is 5.41. The van der Waals surface area contributed by atoms with Gasteiger partial charge in [-0.3, -0.25) is 4.40 Å². The Kier molecular flexibility index (Phi) is 4.18. The summed E-state index contributed by atoms with van der Waals surface area (Å²) in [5.41, 5.74) is 4.86. The van der Waals surface area contributed by atoms with E-state index in [1.807, 2.05) is 53.2 Å². The average Bonchev–Trinajstić information content (AvgIpc) is 3.14. The molecule has 0 bridgehead atoms. The second kappa shape index (κ2) is 6.65. The lowest BCUT2D eigenvalue weighted by atomic mass is 10.1. The van der Waals surface area contributed by atoms with Gasteiger partial charge in [0.25, 0.3) is 0 Å². The van der Waals surface area contributed by atoms with Crippen LogP contribution in [0.2, 0.25) is 0 Å². The Hall–Kier alpha value is -3.12. The molecule has 2 heterocycles. The molecule has 0 aliphatic carbocycles. The molecule has 130 valence electrons. The van der Waals surface area contributed by atoms with Crippen LogP contribution >= 0.6 is 12.2 Å². The van der Waals surface area contributed by atoms with E-state index >= 15 is 0 Å². The van der Waals surface area contributed by atoms with Crippen molar-refractivity contribution in [2.75, 3.05) is 14.2 Å². The number of imidazole rings is 1. The molecule has 0 saturated carbocycles. The number of hydrogen-bond acceptors (Lipinski definition) is 4. The molecule has 0 spiro atoms. The predicted octanol–water partition coefficient (Wildman–Crippen LogP) is 4.74. The highest BCUT2D eigenvalue weighted by molar-refractivity contribution is 7.71. The molecule has 6 heteroatoms. The summed E-state index contributed by atoms with van der Waals surface area (Å²) in [5, 5.41) is 0. The molecule has 0 aliphatic rings. The van der Waals surface area contributed by atoms with Gasteiger partial charge in [-0.25, -0.2) is 4.98 Å². The largest absolute Gasteiger partial charge is 0.493 e. The molecular formula is C20H17N3O2S. The Bertz CT molecular complexity index is 1130. The number of aromatic nitrogens is 3. The van der Waals surface area contributed by atoms with Gasteiger partial charge in [0.15, 0.2) is 11.5 Å². The van der Waals surface area contributed by atoms with Gasteiger partial charge in [-0.05, 0) is 36.0 Å². The van der Waals surface area contributed by atoms with E-state index in [1.165, 1.54) is 0 Å². The second-order valence-corrected chi connectivity index (χ2v) is 6.14. The van der Waals surface area contributed by atoms with Crippen LogP contribution in [0, 0.1) is 4.77 Å². The molecule has 0 atom stereocenters. The standard InChI is InChI=1S/C20H17N3O2S/c1-24-17-9-8-14(10-18(17)25-2)16-12-23-19(22-16)15(11-21-20(23)26)13-6-4-3-5-7-13/h3-12,22H,1-2H3. The Morgan fingerprint density at radius 3 is 2.46 bits per heavy atom. The summed E-state index contributed by atoms with van der Waals surface area (Å²) in [4.78, 5) is 7.83. The number of fused-ring (bicyclic) bond motifs is 1. The van der Waals surface area contributed by atoms with E-state index in [0.29, 0.717) is 16.3 Å². The fourth-order valence-corrected chi connectivity index (χ4v) is 3.18. The minimum Gasteiger partial charge on any atom is -0.493 e. The first-order valence-electron chi connectivity index (χ1n) is 8.09. The molecule has 5 nitrogen and oxygen atoms in total.